The summed E-state index contributed by atoms with van der Waals surface area (Å²) in [5, 5.41) is 12.0. The Labute approximate surface area is 148 Å². The SMILES string of the molecule is COC1=CC(CNC(=O)C(C)(F)C(F)CC/C=C/C(C)C)CC=C1O. The molecule has 0 radical (unpaired) electrons. The first-order valence-electron chi connectivity index (χ1n) is 8.61. The molecule has 3 atom stereocenters. The first-order chi connectivity index (χ1) is 11.7. The van der Waals surface area contributed by atoms with Gasteiger partial charge in [-0.25, -0.2) is 8.78 Å². The number of ether oxygens (including phenoxy) is 1. The zero-order valence-corrected chi connectivity index (χ0v) is 15.4. The molecule has 0 heterocycles. The van der Waals surface area contributed by atoms with Gasteiger partial charge in [-0.1, -0.05) is 26.0 Å². The van der Waals surface area contributed by atoms with Gasteiger partial charge < -0.3 is 15.2 Å². The molecule has 0 aromatic carbocycles. The highest BCUT2D eigenvalue weighted by Crippen LogP contribution is 2.25. The summed E-state index contributed by atoms with van der Waals surface area (Å²) in [7, 11) is 1.43. The first kappa shape index (κ1) is 21.2. The van der Waals surface area contributed by atoms with Gasteiger partial charge in [0.15, 0.2) is 11.5 Å². The number of carbonyl (C=O) groups excluding carboxylic acids is 1. The van der Waals surface area contributed by atoms with E-state index in [1.54, 1.807) is 12.2 Å². The molecule has 1 rings (SSSR count). The van der Waals surface area contributed by atoms with E-state index in [1.165, 1.54) is 7.11 Å². The molecule has 4 nitrogen and oxygen atoms in total. The lowest BCUT2D eigenvalue weighted by atomic mass is 9.95. The van der Waals surface area contributed by atoms with Crippen molar-refractivity contribution in [1.82, 2.24) is 5.32 Å². The second kappa shape index (κ2) is 9.59. The molecule has 0 spiro atoms. The molecule has 0 fully saturated rings. The molecule has 1 aliphatic carbocycles. The number of amides is 1. The Hall–Kier alpha value is -1.85. The van der Waals surface area contributed by atoms with Crippen molar-refractivity contribution in [1.29, 1.82) is 0 Å². The van der Waals surface area contributed by atoms with Crippen LogP contribution in [0.2, 0.25) is 0 Å². The van der Waals surface area contributed by atoms with Crippen LogP contribution in [0.15, 0.2) is 35.8 Å². The van der Waals surface area contributed by atoms with E-state index in [0.29, 0.717) is 24.5 Å². The average Bonchev–Trinajstić information content (AvgIpc) is 2.57. The molecule has 0 aromatic rings. The number of methoxy groups -OCH3 is 1. The van der Waals surface area contributed by atoms with Gasteiger partial charge in [0.05, 0.1) is 7.11 Å². The smallest absolute Gasteiger partial charge is 0.260 e. The minimum atomic E-state index is -2.58. The van der Waals surface area contributed by atoms with Gasteiger partial charge in [-0.15, -0.1) is 0 Å². The van der Waals surface area contributed by atoms with Crippen molar-refractivity contribution < 1.29 is 23.4 Å². The Morgan fingerprint density at radius 2 is 2.24 bits per heavy atom. The number of hydrogen-bond acceptors (Lipinski definition) is 3. The summed E-state index contributed by atoms with van der Waals surface area (Å²) >= 11 is 0. The molecule has 0 saturated heterocycles. The number of hydrogen-bond donors (Lipinski definition) is 2. The minimum Gasteiger partial charge on any atom is -0.504 e. The van der Waals surface area contributed by atoms with Crippen LogP contribution in [0.5, 0.6) is 0 Å². The number of alkyl halides is 2. The number of allylic oxidation sites excluding steroid dienone is 3. The molecule has 1 amide bonds. The van der Waals surface area contributed by atoms with Gasteiger partial charge in [0.25, 0.3) is 5.91 Å². The lowest BCUT2D eigenvalue weighted by Gasteiger charge is -2.25. The maximum Gasteiger partial charge on any atom is 0.260 e. The predicted octanol–water partition coefficient (Wildman–Crippen LogP) is 4.15. The highest BCUT2D eigenvalue weighted by molar-refractivity contribution is 5.85. The van der Waals surface area contributed by atoms with E-state index in [1.807, 2.05) is 26.0 Å². The zero-order valence-electron chi connectivity index (χ0n) is 15.4. The van der Waals surface area contributed by atoms with Gasteiger partial charge in [-0.3, -0.25) is 4.79 Å². The lowest BCUT2D eigenvalue weighted by molar-refractivity contribution is -0.136. The van der Waals surface area contributed by atoms with Crippen LogP contribution in [0, 0.1) is 11.8 Å². The van der Waals surface area contributed by atoms with Crippen molar-refractivity contribution >= 4 is 5.91 Å². The summed E-state index contributed by atoms with van der Waals surface area (Å²) in [4.78, 5) is 12.0. The van der Waals surface area contributed by atoms with E-state index in [-0.39, 0.29) is 24.6 Å². The topological polar surface area (TPSA) is 58.6 Å². The fourth-order valence-electron chi connectivity index (χ4n) is 2.47. The third-order valence-electron chi connectivity index (χ3n) is 4.14. The van der Waals surface area contributed by atoms with Gasteiger partial charge in [-0.05, 0) is 44.3 Å². The third kappa shape index (κ3) is 6.52. The van der Waals surface area contributed by atoms with Gasteiger partial charge in [0.2, 0.25) is 5.67 Å². The van der Waals surface area contributed by atoms with Crippen molar-refractivity contribution in [3.63, 3.8) is 0 Å². The number of aliphatic hydroxyl groups excluding tert-OH is 1. The van der Waals surface area contributed by atoms with Gasteiger partial charge in [-0.2, -0.15) is 0 Å². The second-order valence-corrected chi connectivity index (χ2v) is 6.82. The molecular weight excluding hydrogens is 328 g/mol. The Morgan fingerprint density at radius 3 is 2.84 bits per heavy atom. The van der Waals surface area contributed by atoms with Crippen LogP contribution in [0.25, 0.3) is 0 Å². The summed E-state index contributed by atoms with van der Waals surface area (Å²) < 4.78 is 33.7. The molecule has 0 bridgehead atoms. The zero-order chi connectivity index (χ0) is 19.0. The van der Waals surface area contributed by atoms with E-state index in [4.69, 9.17) is 4.74 Å². The van der Waals surface area contributed by atoms with Crippen LogP contribution < -0.4 is 5.32 Å². The highest BCUT2D eigenvalue weighted by Gasteiger charge is 2.41. The molecule has 0 saturated carbocycles. The molecule has 0 aromatic heterocycles. The van der Waals surface area contributed by atoms with Crippen LogP contribution in [0.3, 0.4) is 0 Å². The molecule has 25 heavy (non-hydrogen) atoms. The molecule has 1 aliphatic rings. The van der Waals surface area contributed by atoms with Crippen molar-refractivity contribution in [2.75, 3.05) is 13.7 Å². The van der Waals surface area contributed by atoms with E-state index in [2.05, 4.69) is 5.32 Å². The summed E-state index contributed by atoms with van der Waals surface area (Å²) in [5.41, 5.74) is -2.58. The Morgan fingerprint density at radius 1 is 1.56 bits per heavy atom. The quantitative estimate of drug-likeness (QED) is 0.609. The number of carbonyl (C=O) groups is 1. The minimum absolute atomic E-state index is 0.0404. The van der Waals surface area contributed by atoms with E-state index < -0.39 is 17.7 Å². The van der Waals surface area contributed by atoms with E-state index in [9.17, 15) is 18.7 Å². The molecular formula is C19H29F2NO3. The largest absolute Gasteiger partial charge is 0.504 e. The Balaban J connectivity index is 2.50. The molecule has 142 valence electrons. The maximum atomic E-state index is 14.5. The van der Waals surface area contributed by atoms with Crippen LogP contribution >= 0.6 is 0 Å². The molecule has 6 heteroatoms. The van der Waals surface area contributed by atoms with E-state index in [0.717, 1.165) is 6.92 Å². The highest BCUT2D eigenvalue weighted by atomic mass is 19.2. The fraction of sp³-hybridized carbons (Fsp3) is 0.632. The van der Waals surface area contributed by atoms with Gasteiger partial charge in [0, 0.05) is 12.5 Å². The molecule has 3 unspecified atom stereocenters. The number of rotatable bonds is 9. The van der Waals surface area contributed by atoms with Gasteiger partial charge >= 0.3 is 0 Å². The third-order valence-corrected chi connectivity index (χ3v) is 4.14. The second-order valence-electron chi connectivity index (χ2n) is 6.82. The number of aliphatic hydroxyl groups is 1. The lowest BCUT2D eigenvalue weighted by Crippen LogP contribution is -2.48. The first-order valence-corrected chi connectivity index (χ1v) is 8.61. The fourth-order valence-corrected chi connectivity index (χ4v) is 2.47. The van der Waals surface area contributed by atoms with Crippen LogP contribution in [-0.2, 0) is 9.53 Å². The maximum absolute atomic E-state index is 14.5. The van der Waals surface area contributed by atoms with Crippen molar-refractivity contribution in [2.24, 2.45) is 11.8 Å². The average molecular weight is 357 g/mol. The predicted molar refractivity (Wildman–Crippen MR) is 94.5 cm³/mol. The van der Waals surface area contributed by atoms with Crippen molar-refractivity contribution in [3.05, 3.63) is 35.8 Å². The molecule has 2 N–H and O–H groups in total. The number of halogens is 2. The normalized spacial score (nSPS) is 21.5. The molecule has 0 aliphatic heterocycles. The standard InChI is InChI=1S/C19H29F2NO3/c1-13(2)7-5-6-8-17(20)19(3,21)18(24)22-12-14-9-10-15(23)16(11-14)25-4/h5,7,10-11,13-14,17,23H,6,8-9,12H2,1-4H3,(H,22,24)/b7-5+. The summed E-state index contributed by atoms with van der Waals surface area (Å²) in [5.74, 6) is -0.392. The van der Waals surface area contributed by atoms with Crippen LogP contribution in [0.1, 0.15) is 40.0 Å². The summed E-state index contributed by atoms with van der Waals surface area (Å²) in [6, 6.07) is 0. The summed E-state index contributed by atoms with van der Waals surface area (Å²) in [6.45, 7) is 5.12. The Kier molecular flexibility index (Phi) is 8.13. The monoisotopic (exact) mass is 357 g/mol. The van der Waals surface area contributed by atoms with E-state index >= 15 is 0 Å². The van der Waals surface area contributed by atoms with Crippen molar-refractivity contribution in [3.8, 4) is 0 Å². The number of nitrogens with one attached hydrogen (secondary N) is 1. The summed E-state index contributed by atoms with van der Waals surface area (Å²) in [6.07, 6.45) is 5.93. The van der Waals surface area contributed by atoms with Crippen molar-refractivity contribution in [2.45, 2.75) is 51.9 Å². The van der Waals surface area contributed by atoms with Gasteiger partial charge in [0.1, 0.15) is 6.17 Å². The van der Waals surface area contributed by atoms with Crippen LogP contribution in [-0.4, -0.2) is 36.5 Å². The Bertz CT molecular complexity index is 539. The van der Waals surface area contributed by atoms with Crippen LogP contribution in [0.4, 0.5) is 8.78 Å².